The molecule has 0 saturated carbocycles. The summed E-state index contributed by atoms with van der Waals surface area (Å²) in [5, 5.41) is 14.4. The van der Waals surface area contributed by atoms with Gasteiger partial charge in [-0.3, -0.25) is 19.7 Å². The molecule has 0 aromatic heterocycles. The van der Waals surface area contributed by atoms with Gasteiger partial charge in [0.05, 0.1) is 4.92 Å². The van der Waals surface area contributed by atoms with Crippen molar-refractivity contribution in [2.75, 3.05) is 24.5 Å². The maximum Gasteiger partial charge on any atom is 0.293 e. The maximum absolute atomic E-state index is 12.1. The van der Waals surface area contributed by atoms with E-state index >= 15 is 0 Å². The van der Waals surface area contributed by atoms with E-state index in [2.05, 4.69) is 5.32 Å². The fourth-order valence-corrected chi connectivity index (χ4v) is 3.11. The van der Waals surface area contributed by atoms with E-state index in [1.54, 1.807) is 12.1 Å². The van der Waals surface area contributed by atoms with E-state index in [1.165, 1.54) is 13.0 Å². The second kappa shape index (κ2) is 7.85. The van der Waals surface area contributed by atoms with Crippen LogP contribution in [0.3, 0.4) is 0 Å². The monoisotopic (exact) mass is 361 g/mol. The molecule has 1 saturated heterocycles. The SMILES string of the molecule is CC(=O)c1ccc(N2CCCC(CNC(=O)C(C)(C)C)C2)c([N+](=O)[O-])c1. The quantitative estimate of drug-likeness (QED) is 0.494. The summed E-state index contributed by atoms with van der Waals surface area (Å²) < 4.78 is 0. The molecular formula is C19H27N3O4. The molecular weight excluding hydrogens is 334 g/mol. The number of Topliss-reactive ketones (excluding diaryl/α,β-unsaturated/α-hetero) is 1. The Labute approximate surface area is 153 Å². The van der Waals surface area contributed by atoms with Gasteiger partial charge in [0.15, 0.2) is 5.78 Å². The number of carbonyl (C=O) groups is 2. The van der Waals surface area contributed by atoms with Crippen molar-refractivity contribution in [2.24, 2.45) is 11.3 Å². The molecule has 1 fully saturated rings. The maximum atomic E-state index is 12.1. The Balaban J connectivity index is 2.13. The topological polar surface area (TPSA) is 92.6 Å². The number of hydrogen-bond acceptors (Lipinski definition) is 5. The van der Waals surface area contributed by atoms with E-state index in [0.717, 1.165) is 19.4 Å². The third-order valence-electron chi connectivity index (χ3n) is 4.67. The van der Waals surface area contributed by atoms with Crippen LogP contribution in [0.2, 0.25) is 0 Å². The summed E-state index contributed by atoms with van der Waals surface area (Å²) in [6, 6.07) is 4.64. The molecule has 7 heteroatoms. The first kappa shape index (κ1) is 19.9. The highest BCUT2D eigenvalue weighted by molar-refractivity contribution is 5.95. The average molecular weight is 361 g/mol. The summed E-state index contributed by atoms with van der Waals surface area (Å²) in [6.07, 6.45) is 1.88. The molecule has 1 unspecified atom stereocenters. The Hall–Kier alpha value is -2.44. The number of nitro benzene ring substituents is 1. The van der Waals surface area contributed by atoms with Crippen LogP contribution in [0.1, 0.15) is 50.9 Å². The van der Waals surface area contributed by atoms with Crippen LogP contribution in [-0.4, -0.2) is 36.2 Å². The lowest BCUT2D eigenvalue weighted by atomic mass is 9.93. The van der Waals surface area contributed by atoms with Crippen molar-refractivity contribution in [3.8, 4) is 0 Å². The number of benzene rings is 1. The van der Waals surface area contributed by atoms with Gasteiger partial charge in [-0.05, 0) is 37.8 Å². The zero-order valence-corrected chi connectivity index (χ0v) is 15.9. The van der Waals surface area contributed by atoms with Crippen molar-refractivity contribution in [1.29, 1.82) is 0 Å². The van der Waals surface area contributed by atoms with Gasteiger partial charge in [-0.25, -0.2) is 0 Å². The first-order valence-corrected chi connectivity index (χ1v) is 8.92. The molecule has 0 aliphatic carbocycles. The average Bonchev–Trinajstić information content (AvgIpc) is 2.58. The summed E-state index contributed by atoms with van der Waals surface area (Å²) in [6.45, 7) is 8.94. The van der Waals surface area contributed by atoms with Gasteiger partial charge < -0.3 is 10.2 Å². The van der Waals surface area contributed by atoms with E-state index < -0.39 is 10.3 Å². The fraction of sp³-hybridized carbons (Fsp3) is 0.579. The van der Waals surface area contributed by atoms with Crippen molar-refractivity contribution in [1.82, 2.24) is 5.32 Å². The second-order valence-corrected chi connectivity index (χ2v) is 7.93. The van der Waals surface area contributed by atoms with Crippen molar-refractivity contribution in [3.63, 3.8) is 0 Å². The van der Waals surface area contributed by atoms with E-state index in [0.29, 0.717) is 24.3 Å². The number of nitrogens with zero attached hydrogens (tertiary/aromatic N) is 2. The van der Waals surface area contributed by atoms with Crippen molar-refractivity contribution in [3.05, 3.63) is 33.9 Å². The zero-order valence-electron chi connectivity index (χ0n) is 15.9. The Morgan fingerprint density at radius 2 is 2.04 bits per heavy atom. The number of hydrogen-bond donors (Lipinski definition) is 1. The number of carbonyl (C=O) groups excluding carboxylic acids is 2. The molecule has 2 rings (SSSR count). The molecule has 1 N–H and O–H groups in total. The highest BCUT2D eigenvalue weighted by Gasteiger charge is 2.28. The van der Waals surface area contributed by atoms with Gasteiger partial charge in [0.2, 0.25) is 5.91 Å². The minimum absolute atomic E-state index is 0.00594. The summed E-state index contributed by atoms with van der Waals surface area (Å²) in [5.74, 6) is 0.0506. The predicted molar refractivity (Wildman–Crippen MR) is 101 cm³/mol. The number of ketones is 1. The molecule has 0 radical (unpaired) electrons. The standard InChI is InChI=1S/C19H27N3O4/c1-13(23)15-7-8-16(17(10-15)22(25)26)21-9-5-6-14(12-21)11-20-18(24)19(2,3)4/h7-8,10,14H,5-6,9,11-12H2,1-4H3,(H,20,24). The van der Waals surface area contributed by atoms with Gasteiger partial charge in [0.25, 0.3) is 5.69 Å². The van der Waals surface area contributed by atoms with Crippen molar-refractivity contribution < 1.29 is 14.5 Å². The summed E-state index contributed by atoms with van der Waals surface area (Å²) in [5.41, 5.74) is 0.394. The summed E-state index contributed by atoms with van der Waals surface area (Å²) in [4.78, 5) is 36.6. The first-order valence-electron chi connectivity index (χ1n) is 8.92. The highest BCUT2D eigenvalue weighted by Crippen LogP contribution is 2.32. The lowest BCUT2D eigenvalue weighted by Crippen LogP contribution is -2.43. The van der Waals surface area contributed by atoms with Crippen LogP contribution < -0.4 is 10.2 Å². The number of nitrogens with one attached hydrogen (secondary N) is 1. The van der Waals surface area contributed by atoms with E-state index in [9.17, 15) is 19.7 Å². The molecule has 0 spiro atoms. The largest absolute Gasteiger partial charge is 0.366 e. The molecule has 1 heterocycles. The predicted octanol–water partition coefficient (Wildman–Crippen LogP) is 3.18. The lowest BCUT2D eigenvalue weighted by molar-refractivity contribution is -0.384. The molecule has 142 valence electrons. The molecule has 0 bridgehead atoms. The molecule has 1 atom stereocenters. The van der Waals surface area contributed by atoms with Gasteiger partial charge in [-0.15, -0.1) is 0 Å². The minimum Gasteiger partial charge on any atom is -0.366 e. The molecule has 1 amide bonds. The van der Waals surface area contributed by atoms with Crippen LogP contribution in [0.15, 0.2) is 18.2 Å². The normalized spacial score (nSPS) is 17.7. The Morgan fingerprint density at radius 1 is 1.35 bits per heavy atom. The molecule has 1 aromatic carbocycles. The van der Waals surface area contributed by atoms with Crippen LogP contribution in [0.5, 0.6) is 0 Å². The third-order valence-corrected chi connectivity index (χ3v) is 4.67. The second-order valence-electron chi connectivity index (χ2n) is 7.93. The van der Waals surface area contributed by atoms with Crippen LogP contribution >= 0.6 is 0 Å². The van der Waals surface area contributed by atoms with Gasteiger partial charge >= 0.3 is 0 Å². The third kappa shape index (κ3) is 4.80. The Bertz CT molecular complexity index is 709. The van der Waals surface area contributed by atoms with Crippen LogP contribution in [0.25, 0.3) is 0 Å². The van der Waals surface area contributed by atoms with Gasteiger partial charge in [0.1, 0.15) is 5.69 Å². The van der Waals surface area contributed by atoms with Gasteiger partial charge in [-0.2, -0.15) is 0 Å². The van der Waals surface area contributed by atoms with E-state index in [4.69, 9.17) is 0 Å². The number of anilines is 1. The van der Waals surface area contributed by atoms with E-state index in [-0.39, 0.29) is 23.3 Å². The van der Waals surface area contributed by atoms with Crippen molar-refractivity contribution in [2.45, 2.75) is 40.5 Å². The minimum atomic E-state index is -0.438. The van der Waals surface area contributed by atoms with Crippen LogP contribution in [-0.2, 0) is 4.79 Å². The smallest absolute Gasteiger partial charge is 0.293 e. The van der Waals surface area contributed by atoms with Crippen LogP contribution in [0.4, 0.5) is 11.4 Å². The zero-order chi connectivity index (χ0) is 19.5. The Kier molecular flexibility index (Phi) is 6.00. The number of amides is 1. The molecule has 7 nitrogen and oxygen atoms in total. The molecule has 1 aliphatic rings. The summed E-state index contributed by atoms with van der Waals surface area (Å²) >= 11 is 0. The number of rotatable bonds is 5. The van der Waals surface area contributed by atoms with Gasteiger partial charge in [0, 0.05) is 36.7 Å². The number of nitro groups is 1. The fourth-order valence-electron chi connectivity index (χ4n) is 3.11. The van der Waals surface area contributed by atoms with Gasteiger partial charge in [-0.1, -0.05) is 20.8 Å². The van der Waals surface area contributed by atoms with Crippen molar-refractivity contribution >= 4 is 23.1 Å². The Morgan fingerprint density at radius 3 is 2.62 bits per heavy atom. The van der Waals surface area contributed by atoms with Crippen LogP contribution in [0, 0.1) is 21.4 Å². The number of piperidine rings is 1. The molecule has 1 aliphatic heterocycles. The molecule has 1 aromatic rings. The summed E-state index contributed by atoms with van der Waals surface area (Å²) in [7, 11) is 0. The molecule has 26 heavy (non-hydrogen) atoms. The van der Waals surface area contributed by atoms with E-state index in [1.807, 2.05) is 25.7 Å². The first-order chi connectivity index (χ1) is 12.1. The lowest BCUT2D eigenvalue weighted by Gasteiger charge is -2.34. The highest BCUT2D eigenvalue weighted by atomic mass is 16.6.